The van der Waals surface area contributed by atoms with Gasteiger partial charge in [0.2, 0.25) is 15.9 Å². The summed E-state index contributed by atoms with van der Waals surface area (Å²) in [6.45, 7) is 2.36. The van der Waals surface area contributed by atoms with Crippen molar-refractivity contribution in [2.45, 2.75) is 18.8 Å². The molecule has 1 heterocycles. The molecule has 0 radical (unpaired) electrons. The largest absolute Gasteiger partial charge is 0.339 e. The maximum absolute atomic E-state index is 14.3. The molecule has 1 aromatic carbocycles. The average Bonchev–Trinajstić information content (AvgIpc) is 3.36. The highest BCUT2D eigenvalue weighted by Gasteiger charge is 2.29. The number of hydrogen-bond acceptors (Lipinski definition) is 4. The zero-order chi connectivity index (χ0) is 18.2. The van der Waals surface area contributed by atoms with Crippen LogP contribution in [0.2, 0.25) is 0 Å². The summed E-state index contributed by atoms with van der Waals surface area (Å²) in [5.74, 6) is -0.418. The summed E-state index contributed by atoms with van der Waals surface area (Å²) in [5.41, 5.74) is 0.828. The van der Waals surface area contributed by atoms with Crippen molar-refractivity contribution in [1.82, 2.24) is 9.80 Å². The molecule has 0 spiro atoms. The highest BCUT2D eigenvalue weighted by molar-refractivity contribution is 7.92. The van der Waals surface area contributed by atoms with Gasteiger partial charge in [0, 0.05) is 26.2 Å². The minimum Gasteiger partial charge on any atom is -0.339 e. The molecule has 3 rings (SSSR count). The summed E-state index contributed by atoms with van der Waals surface area (Å²) in [5, 5.41) is 0. The van der Waals surface area contributed by atoms with E-state index in [2.05, 4.69) is 4.90 Å². The third-order valence-electron chi connectivity index (χ3n) is 4.82. The van der Waals surface area contributed by atoms with Crippen LogP contribution in [0.15, 0.2) is 18.2 Å². The van der Waals surface area contributed by atoms with Crippen molar-refractivity contribution in [3.63, 3.8) is 0 Å². The molecule has 0 bridgehead atoms. The van der Waals surface area contributed by atoms with Crippen LogP contribution in [0.3, 0.4) is 0 Å². The Morgan fingerprint density at radius 1 is 1.24 bits per heavy atom. The summed E-state index contributed by atoms with van der Waals surface area (Å²) in [6.07, 6.45) is 2.97. The van der Waals surface area contributed by atoms with E-state index in [0.717, 1.165) is 36.5 Å². The Labute approximate surface area is 148 Å². The first-order chi connectivity index (χ1) is 11.8. The van der Waals surface area contributed by atoms with Crippen LogP contribution in [0, 0.1) is 5.82 Å². The second-order valence-electron chi connectivity index (χ2n) is 6.93. The average molecular weight is 369 g/mol. The van der Waals surface area contributed by atoms with Crippen LogP contribution in [-0.2, 0) is 14.8 Å². The zero-order valence-corrected chi connectivity index (χ0v) is 15.4. The monoisotopic (exact) mass is 369 g/mol. The number of piperazine rings is 1. The quantitative estimate of drug-likeness (QED) is 0.784. The summed E-state index contributed by atoms with van der Waals surface area (Å²) < 4.78 is 39.6. The molecule has 1 aliphatic heterocycles. The molecule has 1 saturated carbocycles. The standard InChI is InChI=1S/C17H24FN3O3S/c1-19-7-9-20(10-8-19)17(22)12-21(25(2,23)24)14-5-6-15(13-3-4-13)16(18)11-14/h5-6,11,13H,3-4,7-10,12H2,1-2H3. The number of halogens is 1. The molecule has 0 N–H and O–H groups in total. The zero-order valence-electron chi connectivity index (χ0n) is 14.6. The maximum Gasteiger partial charge on any atom is 0.243 e. The second kappa shape index (κ2) is 6.92. The number of likely N-dealkylation sites (N-methyl/N-ethyl adjacent to an activating group) is 1. The van der Waals surface area contributed by atoms with E-state index in [1.54, 1.807) is 17.0 Å². The second-order valence-corrected chi connectivity index (χ2v) is 8.84. The maximum atomic E-state index is 14.3. The van der Waals surface area contributed by atoms with E-state index in [4.69, 9.17) is 0 Å². The first kappa shape index (κ1) is 18.1. The van der Waals surface area contributed by atoms with Gasteiger partial charge in [-0.15, -0.1) is 0 Å². The van der Waals surface area contributed by atoms with Crippen molar-refractivity contribution in [2.75, 3.05) is 50.3 Å². The van der Waals surface area contributed by atoms with Crippen molar-refractivity contribution in [3.8, 4) is 0 Å². The summed E-state index contributed by atoms with van der Waals surface area (Å²) in [6, 6.07) is 4.46. The van der Waals surface area contributed by atoms with E-state index in [1.165, 1.54) is 6.07 Å². The van der Waals surface area contributed by atoms with Crippen molar-refractivity contribution < 1.29 is 17.6 Å². The molecular formula is C17H24FN3O3S. The van der Waals surface area contributed by atoms with Gasteiger partial charge in [-0.25, -0.2) is 12.8 Å². The van der Waals surface area contributed by atoms with Gasteiger partial charge in [-0.3, -0.25) is 9.10 Å². The summed E-state index contributed by atoms with van der Waals surface area (Å²) in [4.78, 5) is 16.3. The van der Waals surface area contributed by atoms with Gasteiger partial charge in [-0.05, 0) is 43.5 Å². The lowest BCUT2D eigenvalue weighted by Gasteiger charge is -2.34. The third-order valence-corrected chi connectivity index (χ3v) is 5.96. The number of nitrogens with zero attached hydrogens (tertiary/aromatic N) is 3. The molecule has 0 unspecified atom stereocenters. The number of anilines is 1. The number of sulfonamides is 1. The third kappa shape index (κ3) is 4.30. The first-order valence-electron chi connectivity index (χ1n) is 8.49. The van der Waals surface area contributed by atoms with Crippen LogP contribution in [0.25, 0.3) is 0 Å². The Hall–Kier alpha value is -1.67. The van der Waals surface area contributed by atoms with Gasteiger partial charge in [0.1, 0.15) is 12.4 Å². The smallest absolute Gasteiger partial charge is 0.243 e. The molecule has 1 amide bonds. The lowest BCUT2D eigenvalue weighted by molar-refractivity contribution is -0.131. The molecule has 2 aliphatic rings. The van der Waals surface area contributed by atoms with Crippen LogP contribution in [-0.4, -0.2) is 70.2 Å². The number of carbonyl (C=O) groups excluding carboxylic acids is 1. The summed E-state index contributed by atoms with van der Waals surface area (Å²) >= 11 is 0. The first-order valence-corrected chi connectivity index (χ1v) is 10.3. The Kier molecular flexibility index (Phi) is 5.02. The number of carbonyl (C=O) groups is 1. The van der Waals surface area contributed by atoms with E-state index < -0.39 is 15.8 Å². The van der Waals surface area contributed by atoms with Gasteiger partial charge in [0.15, 0.2) is 0 Å². The lowest BCUT2D eigenvalue weighted by Crippen LogP contribution is -2.50. The SMILES string of the molecule is CN1CCN(C(=O)CN(c2ccc(C3CC3)c(F)c2)S(C)(=O)=O)CC1. The fourth-order valence-corrected chi connectivity index (χ4v) is 3.92. The Morgan fingerprint density at radius 2 is 1.88 bits per heavy atom. The number of amides is 1. The van der Waals surface area contributed by atoms with Crippen LogP contribution in [0.5, 0.6) is 0 Å². The van der Waals surface area contributed by atoms with E-state index in [0.29, 0.717) is 18.7 Å². The fourth-order valence-electron chi connectivity index (χ4n) is 3.08. The normalized spacial score (nSPS) is 19.1. The topological polar surface area (TPSA) is 60.9 Å². The van der Waals surface area contributed by atoms with E-state index in [1.807, 2.05) is 7.05 Å². The molecule has 1 aromatic rings. The Bertz CT molecular complexity index is 756. The number of hydrogen-bond donors (Lipinski definition) is 0. The van der Waals surface area contributed by atoms with Crippen molar-refractivity contribution >= 4 is 21.6 Å². The molecule has 1 aliphatic carbocycles. The highest BCUT2D eigenvalue weighted by atomic mass is 32.2. The van der Waals surface area contributed by atoms with Crippen molar-refractivity contribution in [2.24, 2.45) is 0 Å². The molecular weight excluding hydrogens is 345 g/mol. The Morgan fingerprint density at radius 3 is 2.40 bits per heavy atom. The molecule has 1 saturated heterocycles. The van der Waals surface area contributed by atoms with Gasteiger partial charge in [0.25, 0.3) is 0 Å². The van der Waals surface area contributed by atoms with Crippen LogP contribution in [0.4, 0.5) is 10.1 Å². The molecule has 0 aromatic heterocycles. The van der Waals surface area contributed by atoms with E-state index in [-0.39, 0.29) is 24.1 Å². The minimum atomic E-state index is -3.69. The molecule has 138 valence electrons. The van der Waals surface area contributed by atoms with Gasteiger partial charge < -0.3 is 9.80 Å². The Balaban J connectivity index is 1.78. The van der Waals surface area contributed by atoms with E-state index >= 15 is 0 Å². The molecule has 8 heteroatoms. The van der Waals surface area contributed by atoms with Gasteiger partial charge in [0.05, 0.1) is 11.9 Å². The molecule has 0 atom stereocenters. The predicted molar refractivity (Wildman–Crippen MR) is 94.6 cm³/mol. The van der Waals surface area contributed by atoms with Crippen molar-refractivity contribution in [1.29, 1.82) is 0 Å². The number of benzene rings is 1. The van der Waals surface area contributed by atoms with Crippen molar-refractivity contribution in [3.05, 3.63) is 29.6 Å². The molecule has 6 nitrogen and oxygen atoms in total. The minimum absolute atomic E-state index is 0.201. The summed E-state index contributed by atoms with van der Waals surface area (Å²) in [7, 11) is -1.71. The van der Waals surface area contributed by atoms with Crippen LogP contribution >= 0.6 is 0 Å². The fraction of sp³-hybridized carbons (Fsp3) is 0.588. The van der Waals surface area contributed by atoms with Gasteiger partial charge >= 0.3 is 0 Å². The lowest BCUT2D eigenvalue weighted by atomic mass is 10.1. The van der Waals surface area contributed by atoms with Gasteiger partial charge in [-0.2, -0.15) is 0 Å². The predicted octanol–water partition coefficient (Wildman–Crippen LogP) is 1.24. The van der Waals surface area contributed by atoms with Crippen LogP contribution in [0.1, 0.15) is 24.3 Å². The molecule has 25 heavy (non-hydrogen) atoms. The number of rotatable bonds is 5. The van der Waals surface area contributed by atoms with Crippen LogP contribution < -0.4 is 4.31 Å². The van der Waals surface area contributed by atoms with Gasteiger partial charge in [-0.1, -0.05) is 6.07 Å². The highest BCUT2D eigenvalue weighted by Crippen LogP contribution is 2.42. The molecule has 2 fully saturated rings. The van der Waals surface area contributed by atoms with E-state index in [9.17, 15) is 17.6 Å².